The third-order valence-electron chi connectivity index (χ3n) is 4.69. The largest absolute Gasteiger partial charge is 0.324 e. The molecule has 0 heterocycles. The van der Waals surface area contributed by atoms with Crippen molar-refractivity contribution in [2.75, 3.05) is 16.2 Å². The van der Waals surface area contributed by atoms with E-state index in [4.69, 9.17) is 0 Å². The predicted octanol–water partition coefficient (Wildman–Crippen LogP) is 4.45. The molecular formula is C23H24N2O3S. The van der Waals surface area contributed by atoms with Crippen LogP contribution in [0.2, 0.25) is 0 Å². The van der Waals surface area contributed by atoms with E-state index in [9.17, 15) is 13.2 Å². The number of carbonyl (C=O) groups excluding carboxylic acids is 1. The number of benzene rings is 3. The minimum atomic E-state index is -3.91. The average molecular weight is 409 g/mol. The Hall–Kier alpha value is -3.12. The maximum atomic E-state index is 13.3. The molecule has 0 fully saturated rings. The number of anilines is 2. The average Bonchev–Trinajstić information content (AvgIpc) is 2.70. The van der Waals surface area contributed by atoms with E-state index in [0.717, 1.165) is 21.0 Å². The van der Waals surface area contributed by atoms with E-state index in [2.05, 4.69) is 5.32 Å². The number of rotatable bonds is 6. The standard InChI is InChI=1S/C23H24N2O3S/c1-17-12-14-21(15-13-17)29(27,28)25(20-10-5-4-6-11-20)16-22(26)24-23-18(2)8-7-9-19(23)3/h4-15H,16H2,1-3H3,(H,24,26). The summed E-state index contributed by atoms with van der Waals surface area (Å²) in [6, 6.07) is 21.0. The number of sulfonamides is 1. The maximum Gasteiger partial charge on any atom is 0.264 e. The molecule has 0 atom stereocenters. The van der Waals surface area contributed by atoms with E-state index in [0.29, 0.717) is 11.4 Å². The molecule has 3 rings (SSSR count). The molecule has 0 spiro atoms. The molecule has 3 aromatic rings. The van der Waals surface area contributed by atoms with E-state index >= 15 is 0 Å². The Morgan fingerprint density at radius 3 is 2.00 bits per heavy atom. The van der Waals surface area contributed by atoms with Crippen LogP contribution in [0.3, 0.4) is 0 Å². The van der Waals surface area contributed by atoms with Gasteiger partial charge in [-0.2, -0.15) is 0 Å². The van der Waals surface area contributed by atoms with Crippen LogP contribution in [0.4, 0.5) is 11.4 Å². The van der Waals surface area contributed by atoms with Crippen molar-refractivity contribution in [1.29, 1.82) is 0 Å². The second-order valence-corrected chi connectivity index (χ2v) is 8.84. The fraction of sp³-hybridized carbons (Fsp3) is 0.174. The molecule has 0 aliphatic rings. The van der Waals surface area contributed by atoms with Gasteiger partial charge in [0.2, 0.25) is 5.91 Å². The number of aryl methyl sites for hydroxylation is 3. The van der Waals surface area contributed by atoms with Gasteiger partial charge in [0.15, 0.2) is 0 Å². The van der Waals surface area contributed by atoms with Crippen molar-refractivity contribution in [2.24, 2.45) is 0 Å². The van der Waals surface area contributed by atoms with Crippen LogP contribution in [0, 0.1) is 20.8 Å². The third-order valence-corrected chi connectivity index (χ3v) is 6.47. The molecule has 29 heavy (non-hydrogen) atoms. The van der Waals surface area contributed by atoms with E-state index in [1.165, 1.54) is 0 Å². The molecule has 0 saturated carbocycles. The van der Waals surface area contributed by atoms with Crippen LogP contribution in [-0.4, -0.2) is 20.9 Å². The number of carbonyl (C=O) groups is 1. The summed E-state index contributed by atoms with van der Waals surface area (Å²) < 4.78 is 27.8. The topological polar surface area (TPSA) is 66.5 Å². The van der Waals surface area contributed by atoms with Crippen LogP contribution >= 0.6 is 0 Å². The molecule has 0 radical (unpaired) electrons. The van der Waals surface area contributed by atoms with Gasteiger partial charge in [0, 0.05) is 5.69 Å². The van der Waals surface area contributed by atoms with Gasteiger partial charge in [0.25, 0.3) is 10.0 Å². The lowest BCUT2D eigenvalue weighted by molar-refractivity contribution is -0.114. The number of nitrogens with zero attached hydrogens (tertiary/aromatic N) is 1. The van der Waals surface area contributed by atoms with Crippen molar-refractivity contribution < 1.29 is 13.2 Å². The molecule has 0 bridgehead atoms. The lowest BCUT2D eigenvalue weighted by atomic mass is 10.1. The number of amides is 1. The highest BCUT2D eigenvalue weighted by Gasteiger charge is 2.27. The Bertz CT molecular complexity index is 1090. The molecule has 1 N–H and O–H groups in total. The zero-order valence-corrected chi connectivity index (χ0v) is 17.5. The van der Waals surface area contributed by atoms with Crippen molar-refractivity contribution in [1.82, 2.24) is 0 Å². The molecule has 6 heteroatoms. The molecule has 0 aromatic heterocycles. The second-order valence-electron chi connectivity index (χ2n) is 6.98. The van der Waals surface area contributed by atoms with E-state index in [-0.39, 0.29) is 11.4 Å². The Labute approximate surface area is 172 Å². The molecular weight excluding hydrogens is 384 g/mol. The van der Waals surface area contributed by atoms with Crippen LogP contribution in [0.15, 0.2) is 77.7 Å². The minimum absolute atomic E-state index is 0.145. The molecule has 150 valence electrons. The van der Waals surface area contributed by atoms with E-state index in [1.54, 1.807) is 54.6 Å². The van der Waals surface area contributed by atoms with Gasteiger partial charge in [-0.15, -0.1) is 0 Å². The predicted molar refractivity (Wildman–Crippen MR) is 117 cm³/mol. The number of nitrogens with one attached hydrogen (secondary N) is 1. The van der Waals surface area contributed by atoms with Crippen molar-refractivity contribution >= 4 is 27.3 Å². The first-order chi connectivity index (χ1) is 13.8. The summed E-state index contributed by atoms with van der Waals surface area (Å²) >= 11 is 0. The summed E-state index contributed by atoms with van der Waals surface area (Å²) in [7, 11) is -3.91. The fourth-order valence-electron chi connectivity index (χ4n) is 3.07. The van der Waals surface area contributed by atoms with Gasteiger partial charge < -0.3 is 5.32 Å². The molecule has 3 aromatic carbocycles. The summed E-state index contributed by atoms with van der Waals surface area (Å²) in [5.74, 6) is -0.401. The second kappa shape index (κ2) is 8.49. The summed E-state index contributed by atoms with van der Waals surface area (Å²) in [6.07, 6.45) is 0. The van der Waals surface area contributed by atoms with Crippen LogP contribution in [-0.2, 0) is 14.8 Å². The molecule has 0 aliphatic carbocycles. The quantitative estimate of drug-likeness (QED) is 0.655. The summed E-state index contributed by atoms with van der Waals surface area (Å²) in [6.45, 7) is 5.37. The highest BCUT2D eigenvalue weighted by atomic mass is 32.2. The zero-order chi connectivity index (χ0) is 21.0. The van der Waals surface area contributed by atoms with Crippen molar-refractivity contribution in [2.45, 2.75) is 25.7 Å². The summed E-state index contributed by atoms with van der Waals surface area (Å²) in [5.41, 5.74) is 3.95. The smallest absolute Gasteiger partial charge is 0.264 e. The lowest BCUT2D eigenvalue weighted by Crippen LogP contribution is -2.38. The first kappa shape index (κ1) is 20.6. The minimum Gasteiger partial charge on any atom is -0.324 e. The first-order valence-corrected chi connectivity index (χ1v) is 10.7. The Morgan fingerprint density at radius 1 is 0.828 bits per heavy atom. The third kappa shape index (κ3) is 4.66. The van der Waals surface area contributed by atoms with Gasteiger partial charge >= 0.3 is 0 Å². The van der Waals surface area contributed by atoms with Crippen LogP contribution in [0.1, 0.15) is 16.7 Å². The van der Waals surface area contributed by atoms with Crippen molar-refractivity contribution in [3.05, 3.63) is 89.5 Å². The number of para-hydroxylation sites is 2. The Kier molecular flexibility index (Phi) is 6.03. The normalized spacial score (nSPS) is 11.1. The van der Waals surface area contributed by atoms with Gasteiger partial charge in [-0.1, -0.05) is 54.1 Å². The molecule has 0 saturated heterocycles. The summed E-state index contributed by atoms with van der Waals surface area (Å²) in [4.78, 5) is 13.0. The van der Waals surface area contributed by atoms with Crippen molar-refractivity contribution in [3.63, 3.8) is 0 Å². The van der Waals surface area contributed by atoms with Crippen LogP contribution in [0.25, 0.3) is 0 Å². The zero-order valence-electron chi connectivity index (χ0n) is 16.7. The summed E-state index contributed by atoms with van der Waals surface area (Å²) in [5, 5.41) is 2.87. The van der Waals surface area contributed by atoms with Crippen LogP contribution < -0.4 is 9.62 Å². The number of hydrogen-bond donors (Lipinski definition) is 1. The fourth-order valence-corrected chi connectivity index (χ4v) is 4.49. The highest BCUT2D eigenvalue weighted by molar-refractivity contribution is 7.92. The monoisotopic (exact) mass is 408 g/mol. The molecule has 0 aliphatic heterocycles. The first-order valence-electron chi connectivity index (χ1n) is 9.29. The molecule has 5 nitrogen and oxygen atoms in total. The van der Waals surface area contributed by atoms with E-state index < -0.39 is 15.9 Å². The Balaban J connectivity index is 1.94. The SMILES string of the molecule is Cc1ccc(S(=O)(=O)N(CC(=O)Nc2c(C)cccc2C)c2ccccc2)cc1. The van der Waals surface area contributed by atoms with E-state index in [1.807, 2.05) is 39.0 Å². The van der Waals surface area contributed by atoms with Gasteiger partial charge in [0.05, 0.1) is 10.6 Å². The van der Waals surface area contributed by atoms with Gasteiger partial charge in [-0.05, 0) is 56.2 Å². The van der Waals surface area contributed by atoms with Gasteiger partial charge in [-0.25, -0.2) is 8.42 Å². The maximum absolute atomic E-state index is 13.3. The molecule has 0 unspecified atom stereocenters. The lowest BCUT2D eigenvalue weighted by Gasteiger charge is -2.24. The molecule has 1 amide bonds. The van der Waals surface area contributed by atoms with Crippen LogP contribution in [0.5, 0.6) is 0 Å². The highest BCUT2D eigenvalue weighted by Crippen LogP contribution is 2.25. The Morgan fingerprint density at radius 2 is 1.41 bits per heavy atom. The van der Waals surface area contributed by atoms with Gasteiger partial charge in [-0.3, -0.25) is 9.10 Å². The van der Waals surface area contributed by atoms with Gasteiger partial charge in [0.1, 0.15) is 6.54 Å². The van der Waals surface area contributed by atoms with Crippen molar-refractivity contribution in [3.8, 4) is 0 Å². The number of hydrogen-bond acceptors (Lipinski definition) is 3.